The summed E-state index contributed by atoms with van der Waals surface area (Å²) in [5, 5.41) is 2.24. The number of furan rings is 1. The fourth-order valence-electron chi connectivity index (χ4n) is 8.54. The predicted octanol–water partition coefficient (Wildman–Crippen LogP) is 13.2. The fraction of sp³-hybridized carbons (Fsp3) is 0.0612. The first-order valence-electron chi connectivity index (χ1n) is 17.8. The van der Waals surface area contributed by atoms with Crippen LogP contribution in [0.2, 0.25) is 0 Å². The molecule has 10 rings (SSSR count). The molecule has 7 aromatic carbocycles. The highest BCUT2D eigenvalue weighted by atomic mass is 16.3. The lowest BCUT2D eigenvalue weighted by atomic mass is 9.68. The molecule has 2 aliphatic carbocycles. The van der Waals surface area contributed by atoms with Crippen LogP contribution in [0.15, 0.2) is 193 Å². The number of rotatable bonds is 6. The van der Waals surface area contributed by atoms with Gasteiger partial charge in [0, 0.05) is 27.8 Å². The van der Waals surface area contributed by atoms with E-state index in [2.05, 4.69) is 181 Å². The van der Waals surface area contributed by atoms with E-state index in [1.54, 1.807) is 0 Å². The van der Waals surface area contributed by atoms with Gasteiger partial charge in [-0.15, -0.1) is 0 Å². The Hall–Kier alpha value is -6.38. The molecule has 2 heteroatoms. The summed E-state index contributed by atoms with van der Waals surface area (Å²) in [5.41, 5.74) is 15.1. The molecule has 0 spiro atoms. The van der Waals surface area contributed by atoms with Gasteiger partial charge in [0.2, 0.25) is 0 Å². The smallest absolute Gasteiger partial charge is 0.135 e. The van der Waals surface area contributed by atoms with Crippen molar-refractivity contribution < 1.29 is 4.42 Å². The minimum Gasteiger partial charge on any atom is -0.456 e. The molecular weight excluding hydrogens is 619 g/mol. The Bertz CT molecular complexity index is 2580. The van der Waals surface area contributed by atoms with Gasteiger partial charge in [0.05, 0.1) is 5.41 Å². The van der Waals surface area contributed by atoms with Crippen molar-refractivity contribution in [3.05, 3.63) is 216 Å². The standard InChI is InChI=1S/C49H35NO/c1-3-13-34(14-4-1)35-23-27-38(28-24-35)50(40-31-32-48-44(33-40)43-19-9-12-22-47(43)51-48)39-29-25-37(26-30-39)49(36-15-5-2-6-16-36)45-20-10-7-17-41(45)42-18-8-11-21-46(42)49/h1-3,5-13,15-33H,4,14H2. The van der Waals surface area contributed by atoms with E-state index in [0.29, 0.717) is 0 Å². The van der Waals surface area contributed by atoms with Gasteiger partial charge < -0.3 is 9.32 Å². The second-order valence-corrected chi connectivity index (χ2v) is 13.6. The van der Waals surface area contributed by atoms with Crippen molar-refractivity contribution in [2.24, 2.45) is 0 Å². The molecule has 0 bridgehead atoms. The Morgan fingerprint density at radius 1 is 0.490 bits per heavy atom. The Balaban J connectivity index is 1.15. The number of fused-ring (bicyclic) bond motifs is 6. The van der Waals surface area contributed by atoms with Gasteiger partial charge in [0.1, 0.15) is 11.2 Å². The van der Waals surface area contributed by atoms with Crippen LogP contribution in [0.25, 0.3) is 38.6 Å². The summed E-state index contributed by atoms with van der Waals surface area (Å²) in [4.78, 5) is 2.37. The monoisotopic (exact) mass is 653 g/mol. The predicted molar refractivity (Wildman–Crippen MR) is 212 cm³/mol. The van der Waals surface area contributed by atoms with E-state index in [1.165, 1.54) is 44.5 Å². The Morgan fingerprint density at radius 2 is 1.08 bits per heavy atom. The molecule has 0 aliphatic heterocycles. The van der Waals surface area contributed by atoms with Crippen molar-refractivity contribution in [2.75, 3.05) is 4.90 Å². The molecule has 0 N–H and O–H groups in total. The lowest BCUT2D eigenvalue weighted by Crippen LogP contribution is -2.28. The summed E-state index contributed by atoms with van der Waals surface area (Å²) in [5.74, 6) is 0. The molecule has 0 fully saturated rings. The number of hydrogen-bond acceptors (Lipinski definition) is 2. The van der Waals surface area contributed by atoms with Crippen molar-refractivity contribution in [2.45, 2.75) is 18.3 Å². The molecule has 0 unspecified atom stereocenters. The molecule has 0 saturated carbocycles. The molecule has 0 saturated heterocycles. The molecule has 8 aromatic rings. The van der Waals surface area contributed by atoms with E-state index in [-0.39, 0.29) is 0 Å². The maximum atomic E-state index is 6.23. The zero-order valence-electron chi connectivity index (χ0n) is 28.2. The van der Waals surface area contributed by atoms with E-state index in [9.17, 15) is 0 Å². The highest BCUT2D eigenvalue weighted by molar-refractivity contribution is 6.06. The van der Waals surface area contributed by atoms with Gasteiger partial charge in [-0.1, -0.05) is 140 Å². The summed E-state index contributed by atoms with van der Waals surface area (Å²) in [6, 6.07) is 62.0. The number of para-hydroxylation sites is 1. The second kappa shape index (κ2) is 11.9. The third-order valence-corrected chi connectivity index (χ3v) is 10.8. The van der Waals surface area contributed by atoms with Crippen LogP contribution in [0, 0.1) is 0 Å². The van der Waals surface area contributed by atoms with Crippen LogP contribution < -0.4 is 4.90 Å². The topological polar surface area (TPSA) is 16.4 Å². The van der Waals surface area contributed by atoms with Gasteiger partial charge in [-0.25, -0.2) is 0 Å². The molecule has 0 radical (unpaired) electrons. The van der Waals surface area contributed by atoms with Crippen LogP contribution in [-0.2, 0) is 5.41 Å². The molecule has 51 heavy (non-hydrogen) atoms. The lowest BCUT2D eigenvalue weighted by molar-refractivity contribution is 0.669. The first-order valence-corrected chi connectivity index (χ1v) is 17.8. The third-order valence-electron chi connectivity index (χ3n) is 10.8. The number of benzene rings is 7. The van der Waals surface area contributed by atoms with Crippen LogP contribution in [0.4, 0.5) is 17.1 Å². The van der Waals surface area contributed by atoms with Crippen LogP contribution >= 0.6 is 0 Å². The van der Waals surface area contributed by atoms with Crippen molar-refractivity contribution in [3.8, 4) is 11.1 Å². The average molecular weight is 654 g/mol. The first kappa shape index (κ1) is 29.5. The average Bonchev–Trinajstić information content (AvgIpc) is 3.73. The highest BCUT2D eigenvalue weighted by Gasteiger charge is 2.45. The van der Waals surface area contributed by atoms with Crippen LogP contribution in [0.1, 0.15) is 40.7 Å². The Labute approximate surface area is 298 Å². The summed E-state index contributed by atoms with van der Waals surface area (Å²) in [6.45, 7) is 0. The summed E-state index contributed by atoms with van der Waals surface area (Å²) >= 11 is 0. The van der Waals surface area contributed by atoms with E-state index in [4.69, 9.17) is 4.42 Å². The van der Waals surface area contributed by atoms with Crippen molar-refractivity contribution >= 4 is 44.6 Å². The quantitative estimate of drug-likeness (QED) is 0.178. The third kappa shape index (κ3) is 4.64. The molecule has 2 nitrogen and oxygen atoms in total. The summed E-state index contributed by atoms with van der Waals surface area (Å²) in [6.07, 6.45) is 8.82. The van der Waals surface area contributed by atoms with Gasteiger partial charge in [-0.2, -0.15) is 0 Å². The molecule has 0 amide bonds. The highest BCUT2D eigenvalue weighted by Crippen LogP contribution is 2.56. The van der Waals surface area contributed by atoms with Gasteiger partial charge >= 0.3 is 0 Å². The second-order valence-electron chi connectivity index (χ2n) is 13.6. The van der Waals surface area contributed by atoms with Gasteiger partial charge in [-0.3, -0.25) is 0 Å². The maximum absolute atomic E-state index is 6.23. The maximum Gasteiger partial charge on any atom is 0.135 e. The van der Waals surface area contributed by atoms with Gasteiger partial charge in [0.25, 0.3) is 0 Å². The SMILES string of the molecule is C1=CCCC(c2ccc(N(c3ccc(C4(c5ccccc5)c5ccccc5-c5ccccc54)cc3)c3ccc4oc5ccccc5c4c3)cc2)=C1. The van der Waals surface area contributed by atoms with Crippen molar-refractivity contribution in [3.63, 3.8) is 0 Å². The van der Waals surface area contributed by atoms with E-state index in [1.807, 2.05) is 12.1 Å². The normalized spacial score (nSPS) is 14.3. The molecule has 0 atom stereocenters. The van der Waals surface area contributed by atoms with Crippen LogP contribution in [0.5, 0.6) is 0 Å². The molecule has 242 valence electrons. The number of allylic oxidation sites excluding steroid dienone is 4. The van der Waals surface area contributed by atoms with Crippen molar-refractivity contribution in [1.82, 2.24) is 0 Å². The van der Waals surface area contributed by atoms with Gasteiger partial charge in [0.15, 0.2) is 0 Å². The van der Waals surface area contributed by atoms with Crippen LogP contribution in [-0.4, -0.2) is 0 Å². The minimum absolute atomic E-state index is 0.434. The molecule has 1 heterocycles. The summed E-state index contributed by atoms with van der Waals surface area (Å²) < 4.78 is 6.23. The Morgan fingerprint density at radius 3 is 1.78 bits per heavy atom. The van der Waals surface area contributed by atoms with E-state index >= 15 is 0 Å². The number of nitrogens with zero attached hydrogens (tertiary/aromatic N) is 1. The van der Waals surface area contributed by atoms with Crippen LogP contribution in [0.3, 0.4) is 0 Å². The minimum atomic E-state index is -0.434. The zero-order valence-corrected chi connectivity index (χ0v) is 28.2. The first-order chi connectivity index (χ1) is 25.3. The summed E-state index contributed by atoms with van der Waals surface area (Å²) in [7, 11) is 0. The zero-order chi connectivity index (χ0) is 33.8. The largest absolute Gasteiger partial charge is 0.456 e. The Kier molecular flexibility index (Phi) is 6.89. The molecule has 2 aliphatic rings. The van der Waals surface area contributed by atoms with Gasteiger partial charge in [-0.05, 0) is 106 Å². The van der Waals surface area contributed by atoms with Crippen molar-refractivity contribution in [1.29, 1.82) is 0 Å². The number of anilines is 3. The lowest BCUT2D eigenvalue weighted by Gasteiger charge is -2.34. The molecular formula is C49H35NO. The molecule has 1 aromatic heterocycles. The fourth-order valence-corrected chi connectivity index (χ4v) is 8.54. The number of hydrogen-bond donors (Lipinski definition) is 0. The van der Waals surface area contributed by atoms with E-state index in [0.717, 1.165) is 51.8 Å². The van der Waals surface area contributed by atoms with E-state index < -0.39 is 5.41 Å².